The summed E-state index contributed by atoms with van der Waals surface area (Å²) in [7, 11) is 3.73. The van der Waals surface area contributed by atoms with Gasteiger partial charge < -0.3 is 9.80 Å². The van der Waals surface area contributed by atoms with Crippen LogP contribution in [0.1, 0.15) is 5.56 Å². The predicted molar refractivity (Wildman–Crippen MR) is 66.2 cm³/mol. The minimum absolute atomic E-state index is 0.129. The Hall–Kier alpha value is -2.46. The smallest absolute Gasteiger partial charge is 0.170 e. The van der Waals surface area contributed by atoms with Crippen LogP contribution in [-0.2, 0) is 0 Å². The monoisotopic (exact) mass is 224 g/mol. The molecule has 1 aliphatic heterocycles. The van der Waals surface area contributed by atoms with Crippen LogP contribution in [0.25, 0.3) is 0 Å². The molecule has 0 unspecified atom stereocenters. The SMILES string of the molecule is Cc1ccc2c(c1)N(C)C(=C(C#N)C#N)N2C. The Kier molecular flexibility index (Phi) is 2.49. The van der Waals surface area contributed by atoms with E-state index in [0.717, 1.165) is 16.9 Å². The van der Waals surface area contributed by atoms with Gasteiger partial charge in [0.1, 0.15) is 18.0 Å². The molecule has 0 atom stereocenters. The van der Waals surface area contributed by atoms with Gasteiger partial charge in [-0.2, -0.15) is 10.5 Å². The van der Waals surface area contributed by atoms with E-state index in [2.05, 4.69) is 0 Å². The van der Waals surface area contributed by atoms with E-state index in [1.165, 1.54) is 0 Å². The van der Waals surface area contributed by atoms with Crippen molar-refractivity contribution in [2.75, 3.05) is 23.9 Å². The van der Waals surface area contributed by atoms with Crippen molar-refractivity contribution < 1.29 is 0 Å². The molecule has 1 aromatic rings. The van der Waals surface area contributed by atoms with Crippen LogP contribution >= 0.6 is 0 Å². The molecule has 0 saturated carbocycles. The van der Waals surface area contributed by atoms with E-state index in [1.54, 1.807) is 0 Å². The third-order valence-electron chi connectivity index (χ3n) is 2.94. The van der Waals surface area contributed by atoms with Crippen LogP contribution < -0.4 is 9.80 Å². The van der Waals surface area contributed by atoms with Crippen molar-refractivity contribution >= 4 is 11.4 Å². The number of anilines is 2. The minimum atomic E-state index is 0.129. The maximum Gasteiger partial charge on any atom is 0.170 e. The van der Waals surface area contributed by atoms with Crippen molar-refractivity contribution in [1.29, 1.82) is 10.5 Å². The molecule has 1 aliphatic rings. The molecule has 0 aliphatic carbocycles. The summed E-state index contributed by atoms with van der Waals surface area (Å²) in [6.07, 6.45) is 0. The summed E-state index contributed by atoms with van der Waals surface area (Å²) in [5.41, 5.74) is 3.31. The third kappa shape index (κ3) is 1.51. The molecule has 0 N–H and O–H groups in total. The second-order valence-corrected chi connectivity index (χ2v) is 4.03. The van der Waals surface area contributed by atoms with Gasteiger partial charge in [0.15, 0.2) is 5.57 Å². The molecule has 4 heteroatoms. The third-order valence-corrected chi connectivity index (χ3v) is 2.94. The van der Waals surface area contributed by atoms with Gasteiger partial charge in [0.25, 0.3) is 0 Å². The number of fused-ring (bicyclic) bond motifs is 1. The highest BCUT2D eigenvalue weighted by Crippen LogP contribution is 2.40. The molecule has 0 aromatic heterocycles. The summed E-state index contributed by atoms with van der Waals surface area (Å²) in [6.45, 7) is 2.02. The van der Waals surface area contributed by atoms with E-state index in [-0.39, 0.29) is 5.57 Å². The van der Waals surface area contributed by atoms with Gasteiger partial charge in [0, 0.05) is 14.1 Å². The maximum atomic E-state index is 8.97. The summed E-state index contributed by atoms with van der Waals surface area (Å²) < 4.78 is 0. The molecule has 1 aromatic carbocycles. The standard InChI is InChI=1S/C13H12N4/c1-9-4-5-11-12(6-9)17(3)13(16(11)2)10(7-14)8-15/h4-6H,1-3H3. The van der Waals surface area contributed by atoms with E-state index in [0.29, 0.717) is 5.82 Å². The molecule has 0 fully saturated rings. The summed E-state index contributed by atoms with van der Waals surface area (Å²) in [6, 6.07) is 9.94. The molecule has 0 bridgehead atoms. The van der Waals surface area contributed by atoms with E-state index >= 15 is 0 Å². The maximum absolute atomic E-state index is 8.97. The first-order valence-electron chi connectivity index (χ1n) is 5.22. The van der Waals surface area contributed by atoms with Crippen LogP contribution in [0.4, 0.5) is 11.4 Å². The lowest BCUT2D eigenvalue weighted by Crippen LogP contribution is -2.23. The van der Waals surface area contributed by atoms with E-state index in [4.69, 9.17) is 10.5 Å². The Bertz CT molecular complexity index is 570. The molecule has 84 valence electrons. The number of benzene rings is 1. The van der Waals surface area contributed by atoms with Crippen molar-refractivity contribution in [3.8, 4) is 12.1 Å². The zero-order valence-electron chi connectivity index (χ0n) is 10.0. The molecule has 0 saturated heterocycles. The highest BCUT2D eigenvalue weighted by molar-refractivity contribution is 5.83. The van der Waals surface area contributed by atoms with Gasteiger partial charge in [-0.15, -0.1) is 0 Å². The van der Waals surface area contributed by atoms with Crippen molar-refractivity contribution in [2.45, 2.75) is 6.92 Å². The molecule has 0 radical (unpaired) electrons. The number of nitriles is 2. The summed E-state index contributed by atoms with van der Waals surface area (Å²) in [5, 5.41) is 17.9. The van der Waals surface area contributed by atoms with Crippen LogP contribution in [0.3, 0.4) is 0 Å². The van der Waals surface area contributed by atoms with Crippen LogP contribution in [-0.4, -0.2) is 14.1 Å². The summed E-state index contributed by atoms with van der Waals surface area (Å²) in [4.78, 5) is 3.75. The largest absolute Gasteiger partial charge is 0.327 e. The molecule has 4 nitrogen and oxygen atoms in total. The Balaban J connectivity index is 2.66. The number of hydrogen-bond donors (Lipinski definition) is 0. The highest BCUT2D eigenvalue weighted by atomic mass is 15.4. The first kappa shape index (κ1) is 11.0. The molecule has 2 rings (SSSR count). The fourth-order valence-electron chi connectivity index (χ4n) is 2.10. The number of rotatable bonds is 0. The predicted octanol–water partition coefficient (Wildman–Crippen LogP) is 2.14. The van der Waals surface area contributed by atoms with Crippen molar-refractivity contribution in [2.24, 2.45) is 0 Å². The first-order chi connectivity index (χ1) is 8.10. The van der Waals surface area contributed by atoms with Gasteiger partial charge in [-0.1, -0.05) is 6.07 Å². The fourth-order valence-corrected chi connectivity index (χ4v) is 2.10. The van der Waals surface area contributed by atoms with E-state index < -0.39 is 0 Å². The van der Waals surface area contributed by atoms with Gasteiger partial charge in [0.2, 0.25) is 0 Å². The van der Waals surface area contributed by atoms with Gasteiger partial charge in [-0.25, -0.2) is 0 Å². The summed E-state index contributed by atoms with van der Waals surface area (Å²) >= 11 is 0. The highest BCUT2D eigenvalue weighted by Gasteiger charge is 2.29. The average molecular weight is 224 g/mol. The average Bonchev–Trinajstić information content (AvgIpc) is 2.56. The normalized spacial score (nSPS) is 13.1. The Morgan fingerprint density at radius 3 is 2.24 bits per heavy atom. The molecule has 17 heavy (non-hydrogen) atoms. The van der Waals surface area contributed by atoms with Gasteiger partial charge in [-0.3, -0.25) is 0 Å². The topological polar surface area (TPSA) is 54.1 Å². The number of nitrogens with zero attached hydrogens (tertiary/aromatic N) is 4. The van der Waals surface area contributed by atoms with Crippen LogP contribution in [0.15, 0.2) is 29.6 Å². The quantitative estimate of drug-likeness (QED) is 0.633. The van der Waals surface area contributed by atoms with Gasteiger partial charge in [-0.05, 0) is 24.6 Å². The number of allylic oxidation sites excluding steroid dienone is 1. The lowest BCUT2D eigenvalue weighted by Gasteiger charge is -2.17. The minimum Gasteiger partial charge on any atom is -0.327 e. The van der Waals surface area contributed by atoms with E-state index in [1.807, 2.05) is 61.2 Å². The summed E-state index contributed by atoms with van der Waals surface area (Å²) in [5.74, 6) is 0.635. The lowest BCUT2D eigenvalue weighted by molar-refractivity contribution is 1.03. The van der Waals surface area contributed by atoms with Gasteiger partial charge >= 0.3 is 0 Å². The van der Waals surface area contributed by atoms with Crippen LogP contribution in [0.5, 0.6) is 0 Å². The second kappa shape index (κ2) is 3.84. The lowest BCUT2D eigenvalue weighted by atomic mass is 10.2. The van der Waals surface area contributed by atoms with E-state index in [9.17, 15) is 0 Å². The first-order valence-corrected chi connectivity index (χ1v) is 5.22. The Morgan fingerprint density at radius 1 is 1.06 bits per heavy atom. The zero-order chi connectivity index (χ0) is 12.6. The zero-order valence-corrected chi connectivity index (χ0v) is 10.0. The van der Waals surface area contributed by atoms with Crippen LogP contribution in [0, 0.1) is 29.6 Å². The molecular weight excluding hydrogens is 212 g/mol. The number of aryl methyl sites for hydroxylation is 1. The molecule has 0 amide bonds. The Morgan fingerprint density at radius 2 is 1.65 bits per heavy atom. The Labute approximate surface area is 101 Å². The van der Waals surface area contributed by atoms with Crippen molar-refractivity contribution in [3.05, 3.63) is 35.2 Å². The second-order valence-electron chi connectivity index (χ2n) is 4.03. The number of hydrogen-bond acceptors (Lipinski definition) is 4. The molecular formula is C13H12N4. The molecule has 1 heterocycles. The van der Waals surface area contributed by atoms with Crippen LogP contribution in [0.2, 0.25) is 0 Å². The fraction of sp³-hybridized carbons (Fsp3) is 0.231. The van der Waals surface area contributed by atoms with Gasteiger partial charge in [0.05, 0.1) is 11.4 Å². The van der Waals surface area contributed by atoms with Crippen molar-refractivity contribution in [3.63, 3.8) is 0 Å². The molecule has 0 spiro atoms. The van der Waals surface area contributed by atoms with Crippen molar-refractivity contribution in [1.82, 2.24) is 0 Å².